The Morgan fingerprint density at radius 1 is 0.917 bits per heavy atom. The molecule has 1 aliphatic heterocycles. The molecule has 0 saturated carbocycles. The van der Waals surface area contributed by atoms with E-state index >= 15 is 0 Å². The standard InChI is InChI=1S/C35H41N/c1-25-13-16-29(17-14-25)18-15-26(2)30-19-21-36(22-20-30)28(4)34-23-31-10-6-7-11-32(31)24-35(34)33-12-8-5-9-27(33)3/h5-14,16-17,23,28,30,35H,2,15,18-22,24H2,1,3-4H3. The first kappa shape index (κ1) is 24.8. The molecule has 1 saturated heterocycles. The van der Waals surface area contributed by atoms with Gasteiger partial charge in [-0.1, -0.05) is 96.6 Å². The maximum atomic E-state index is 4.53. The molecule has 3 aromatic rings. The van der Waals surface area contributed by atoms with Gasteiger partial charge in [0.1, 0.15) is 0 Å². The Morgan fingerprint density at radius 2 is 1.61 bits per heavy atom. The summed E-state index contributed by atoms with van der Waals surface area (Å²) in [5.74, 6) is 1.12. The van der Waals surface area contributed by atoms with Crippen LogP contribution < -0.4 is 0 Å². The highest BCUT2D eigenvalue weighted by atomic mass is 15.2. The predicted molar refractivity (Wildman–Crippen MR) is 154 cm³/mol. The molecule has 1 heterocycles. The highest BCUT2D eigenvalue weighted by Crippen LogP contribution is 2.40. The van der Waals surface area contributed by atoms with E-state index in [9.17, 15) is 0 Å². The molecule has 1 aliphatic carbocycles. The molecular formula is C35H41N. The molecule has 0 spiro atoms. The Bertz CT molecular complexity index is 1220. The first-order valence-electron chi connectivity index (χ1n) is 13.8. The molecule has 2 unspecified atom stereocenters. The first-order valence-corrected chi connectivity index (χ1v) is 13.8. The molecule has 186 valence electrons. The van der Waals surface area contributed by atoms with Gasteiger partial charge in [0.15, 0.2) is 0 Å². The number of hydrogen-bond acceptors (Lipinski definition) is 1. The maximum Gasteiger partial charge on any atom is 0.0288 e. The van der Waals surface area contributed by atoms with Gasteiger partial charge < -0.3 is 0 Å². The Balaban J connectivity index is 1.26. The van der Waals surface area contributed by atoms with Crippen LogP contribution in [-0.4, -0.2) is 24.0 Å². The van der Waals surface area contributed by atoms with Crippen molar-refractivity contribution >= 4 is 6.08 Å². The molecule has 36 heavy (non-hydrogen) atoms. The number of benzene rings is 3. The van der Waals surface area contributed by atoms with Crippen LogP contribution in [0.1, 0.15) is 65.5 Å². The van der Waals surface area contributed by atoms with Crippen molar-refractivity contribution in [3.63, 3.8) is 0 Å². The van der Waals surface area contributed by atoms with Crippen molar-refractivity contribution in [3.05, 3.63) is 124 Å². The number of rotatable bonds is 7. The zero-order valence-corrected chi connectivity index (χ0v) is 22.3. The summed E-state index contributed by atoms with van der Waals surface area (Å²) in [6.45, 7) is 13.7. The van der Waals surface area contributed by atoms with Crippen molar-refractivity contribution in [3.8, 4) is 0 Å². The minimum atomic E-state index is 0.449. The lowest BCUT2D eigenvalue weighted by Crippen LogP contribution is -2.42. The Labute approximate surface area is 218 Å². The second kappa shape index (κ2) is 11.0. The van der Waals surface area contributed by atoms with E-state index in [1.54, 1.807) is 5.57 Å². The lowest BCUT2D eigenvalue weighted by Gasteiger charge is -2.41. The number of fused-ring (bicyclic) bond motifs is 1. The van der Waals surface area contributed by atoms with Crippen molar-refractivity contribution in [2.45, 2.75) is 64.8 Å². The van der Waals surface area contributed by atoms with Crippen LogP contribution in [0.5, 0.6) is 0 Å². The van der Waals surface area contributed by atoms with Gasteiger partial charge >= 0.3 is 0 Å². The van der Waals surface area contributed by atoms with E-state index in [1.165, 1.54) is 51.8 Å². The average Bonchev–Trinajstić information content (AvgIpc) is 2.92. The summed E-state index contributed by atoms with van der Waals surface area (Å²) in [5, 5.41) is 0. The Morgan fingerprint density at radius 3 is 2.36 bits per heavy atom. The highest BCUT2D eigenvalue weighted by molar-refractivity contribution is 5.64. The minimum absolute atomic E-state index is 0.449. The van der Waals surface area contributed by atoms with Crippen molar-refractivity contribution in [2.24, 2.45) is 5.92 Å². The second-order valence-corrected chi connectivity index (χ2v) is 11.1. The number of hydrogen-bond donors (Lipinski definition) is 0. The van der Waals surface area contributed by atoms with E-state index in [1.807, 2.05) is 0 Å². The van der Waals surface area contributed by atoms with Crippen molar-refractivity contribution in [1.29, 1.82) is 0 Å². The van der Waals surface area contributed by atoms with Gasteiger partial charge in [0, 0.05) is 12.0 Å². The van der Waals surface area contributed by atoms with Gasteiger partial charge in [-0.3, -0.25) is 4.90 Å². The normalized spacial score (nSPS) is 19.4. The van der Waals surface area contributed by atoms with Crippen LogP contribution in [0.25, 0.3) is 6.08 Å². The van der Waals surface area contributed by atoms with E-state index in [0.29, 0.717) is 17.9 Å². The molecule has 1 heteroatoms. The van der Waals surface area contributed by atoms with Gasteiger partial charge in [0.25, 0.3) is 0 Å². The SMILES string of the molecule is C=C(CCc1ccc(C)cc1)C1CCN(C(C)C2=Cc3ccccc3CC2c2ccccc2C)CC1. The van der Waals surface area contributed by atoms with Crippen LogP contribution in [-0.2, 0) is 12.8 Å². The average molecular weight is 476 g/mol. The number of likely N-dealkylation sites (tertiary alicyclic amines) is 1. The van der Waals surface area contributed by atoms with Gasteiger partial charge in [-0.25, -0.2) is 0 Å². The quantitative estimate of drug-likeness (QED) is 0.311. The zero-order chi connectivity index (χ0) is 25.1. The monoisotopic (exact) mass is 475 g/mol. The van der Waals surface area contributed by atoms with Crippen LogP contribution in [0.2, 0.25) is 0 Å². The molecule has 0 aromatic heterocycles. The number of aryl methyl sites for hydroxylation is 3. The van der Waals surface area contributed by atoms with Crippen molar-refractivity contribution in [2.75, 3.05) is 13.1 Å². The molecule has 0 N–H and O–H groups in total. The van der Waals surface area contributed by atoms with Crippen LogP contribution >= 0.6 is 0 Å². The van der Waals surface area contributed by atoms with E-state index in [2.05, 4.69) is 111 Å². The largest absolute Gasteiger partial charge is 0.297 e. The Hall–Kier alpha value is -2.90. The summed E-state index contributed by atoms with van der Waals surface area (Å²) in [7, 11) is 0. The summed E-state index contributed by atoms with van der Waals surface area (Å²) in [6, 6.07) is 27.4. The summed E-state index contributed by atoms with van der Waals surface area (Å²) in [6.07, 6.45) is 8.29. The number of allylic oxidation sites excluding steroid dienone is 1. The fraction of sp³-hybridized carbons (Fsp3) is 0.371. The van der Waals surface area contributed by atoms with Crippen molar-refractivity contribution < 1.29 is 0 Å². The fourth-order valence-electron chi connectivity index (χ4n) is 6.33. The lowest BCUT2D eigenvalue weighted by molar-refractivity contribution is 0.164. The molecular weight excluding hydrogens is 434 g/mol. The zero-order valence-electron chi connectivity index (χ0n) is 22.3. The Kier molecular flexibility index (Phi) is 7.58. The third-order valence-electron chi connectivity index (χ3n) is 8.76. The molecule has 0 radical (unpaired) electrons. The molecule has 5 rings (SSSR count). The fourth-order valence-corrected chi connectivity index (χ4v) is 6.33. The number of nitrogens with zero attached hydrogens (tertiary/aromatic N) is 1. The van der Waals surface area contributed by atoms with E-state index in [-0.39, 0.29) is 0 Å². The molecule has 2 atom stereocenters. The summed E-state index contributed by atoms with van der Waals surface area (Å²) < 4.78 is 0. The molecule has 1 fully saturated rings. The van der Waals surface area contributed by atoms with Gasteiger partial charge in [-0.15, -0.1) is 0 Å². The smallest absolute Gasteiger partial charge is 0.0288 e. The first-order chi connectivity index (χ1) is 17.5. The molecule has 1 nitrogen and oxygen atoms in total. The van der Waals surface area contributed by atoms with Crippen LogP contribution in [0.4, 0.5) is 0 Å². The molecule has 2 aliphatic rings. The van der Waals surface area contributed by atoms with Crippen LogP contribution in [0, 0.1) is 19.8 Å². The van der Waals surface area contributed by atoms with Crippen LogP contribution in [0.15, 0.2) is 90.5 Å². The lowest BCUT2D eigenvalue weighted by atomic mass is 9.75. The highest BCUT2D eigenvalue weighted by Gasteiger charge is 2.32. The summed E-state index contributed by atoms with van der Waals surface area (Å²) >= 11 is 0. The second-order valence-electron chi connectivity index (χ2n) is 11.1. The molecule has 0 amide bonds. The molecule has 0 bridgehead atoms. The number of piperidine rings is 1. The van der Waals surface area contributed by atoms with Gasteiger partial charge in [-0.2, -0.15) is 0 Å². The van der Waals surface area contributed by atoms with Gasteiger partial charge in [-0.05, 0) is 105 Å². The van der Waals surface area contributed by atoms with Crippen molar-refractivity contribution in [1.82, 2.24) is 4.90 Å². The van der Waals surface area contributed by atoms with E-state index < -0.39 is 0 Å². The van der Waals surface area contributed by atoms with E-state index in [0.717, 1.165) is 32.4 Å². The van der Waals surface area contributed by atoms with Gasteiger partial charge in [0.2, 0.25) is 0 Å². The third-order valence-corrected chi connectivity index (χ3v) is 8.76. The van der Waals surface area contributed by atoms with E-state index in [4.69, 9.17) is 0 Å². The van der Waals surface area contributed by atoms with Gasteiger partial charge in [0.05, 0.1) is 0 Å². The maximum absolute atomic E-state index is 4.53. The minimum Gasteiger partial charge on any atom is -0.297 e. The summed E-state index contributed by atoms with van der Waals surface area (Å²) in [4.78, 5) is 2.73. The van der Waals surface area contributed by atoms with Crippen LogP contribution in [0.3, 0.4) is 0 Å². The predicted octanol–water partition coefficient (Wildman–Crippen LogP) is 8.32. The molecule has 3 aromatic carbocycles. The summed E-state index contributed by atoms with van der Waals surface area (Å²) in [5.41, 5.74) is 11.6. The topological polar surface area (TPSA) is 3.24 Å². The third kappa shape index (κ3) is 5.42.